The highest BCUT2D eigenvalue weighted by Crippen LogP contribution is 2.39. The van der Waals surface area contributed by atoms with E-state index in [2.05, 4.69) is 33.8 Å². The van der Waals surface area contributed by atoms with E-state index < -0.39 is 0 Å². The lowest BCUT2D eigenvalue weighted by Crippen LogP contribution is -1.96. The van der Waals surface area contributed by atoms with Crippen LogP contribution in [0.2, 0.25) is 0 Å². The predicted octanol–water partition coefficient (Wildman–Crippen LogP) is 4.31. The van der Waals surface area contributed by atoms with E-state index in [4.69, 9.17) is 10.1 Å². The molecule has 0 spiro atoms. The standard InChI is InChI=1S/C15H19N3S/c1-6-8(2)12-14-13(18(5)17-12)11-9(3)7-10(4)16-15(11)19-14/h7-8H,6H2,1-5H3. The van der Waals surface area contributed by atoms with E-state index in [0.717, 1.165) is 16.9 Å². The van der Waals surface area contributed by atoms with Crippen LogP contribution in [0, 0.1) is 13.8 Å². The monoisotopic (exact) mass is 273 g/mol. The van der Waals surface area contributed by atoms with E-state index in [1.807, 2.05) is 11.7 Å². The summed E-state index contributed by atoms with van der Waals surface area (Å²) in [4.78, 5) is 5.83. The molecule has 3 heterocycles. The third kappa shape index (κ3) is 1.77. The highest BCUT2D eigenvalue weighted by Gasteiger charge is 2.20. The van der Waals surface area contributed by atoms with E-state index in [-0.39, 0.29) is 0 Å². The largest absolute Gasteiger partial charge is 0.266 e. The van der Waals surface area contributed by atoms with Crippen molar-refractivity contribution >= 4 is 31.8 Å². The Bertz CT molecular complexity index is 767. The van der Waals surface area contributed by atoms with Crippen molar-refractivity contribution in [1.29, 1.82) is 0 Å². The first-order valence-electron chi connectivity index (χ1n) is 6.76. The molecule has 0 aliphatic rings. The molecule has 100 valence electrons. The molecule has 1 atom stereocenters. The van der Waals surface area contributed by atoms with Crippen LogP contribution in [0.3, 0.4) is 0 Å². The number of hydrogen-bond acceptors (Lipinski definition) is 3. The summed E-state index contributed by atoms with van der Waals surface area (Å²) in [6.07, 6.45) is 1.12. The first-order valence-corrected chi connectivity index (χ1v) is 7.58. The minimum atomic E-state index is 0.498. The molecule has 0 saturated carbocycles. The lowest BCUT2D eigenvalue weighted by Gasteiger charge is -2.03. The number of rotatable bonds is 2. The third-order valence-electron chi connectivity index (χ3n) is 3.86. The molecule has 3 rings (SSSR count). The Morgan fingerprint density at radius 1 is 1.37 bits per heavy atom. The number of nitrogens with zero attached hydrogens (tertiary/aromatic N) is 3. The average molecular weight is 273 g/mol. The summed E-state index contributed by atoms with van der Waals surface area (Å²) in [5, 5.41) is 6.01. The fourth-order valence-corrected chi connectivity index (χ4v) is 4.10. The van der Waals surface area contributed by atoms with E-state index in [1.165, 1.54) is 26.9 Å². The SMILES string of the molecule is CCC(C)c1nn(C)c2c1sc1nc(C)cc(C)c12. The Morgan fingerprint density at radius 3 is 2.79 bits per heavy atom. The molecule has 0 aliphatic carbocycles. The molecular weight excluding hydrogens is 254 g/mol. The fraction of sp³-hybridized carbons (Fsp3) is 0.467. The molecule has 0 amide bonds. The molecular formula is C15H19N3S. The van der Waals surface area contributed by atoms with Crippen molar-refractivity contribution in [1.82, 2.24) is 14.8 Å². The number of aromatic nitrogens is 3. The van der Waals surface area contributed by atoms with Gasteiger partial charge in [0.2, 0.25) is 0 Å². The molecule has 0 radical (unpaired) electrons. The summed E-state index contributed by atoms with van der Waals surface area (Å²) in [5.41, 5.74) is 4.86. The minimum absolute atomic E-state index is 0.498. The summed E-state index contributed by atoms with van der Waals surface area (Å²) in [6, 6.07) is 2.16. The van der Waals surface area contributed by atoms with E-state index >= 15 is 0 Å². The number of fused-ring (bicyclic) bond motifs is 3. The van der Waals surface area contributed by atoms with Crippen LogP contribution in [-0.2, 0) is 7.05 Å². The molecule has 19 heavy (non-hydrogen) atoms. The summed E-state index contributed by atoms with van der Waals surface area (Å²) in [6.45, 7) is 8.69. The zero-order valence-electron chi connectivity index (χ0n) is 12.1. The molecule has 0 saturated heterocycles. The summed E-state index contributed by atoms with van der Waals surface area (Å²) in [7, 11) is 2.04. The minimum Gasteiger partial charge on any atom is -0.266 e. The van der Waals surface area contributed by atoms with Gasteiger partial charge in [0.05, 0.1) is 15.9 Å². The topological polar surface area (TPSA) is 30.7 Å². The van der Waals surface area contributed by atoms with Gasteiger partial charge in [-0.25, -0.2) is 4.98 Å². The van der Waals surface area contributed by atoms with Gasteiger partial charge in [-0.2, -0.15) is 5.10 Å². The van der Waals surface area contributed by atoms with Gasteiger partial charge in [0, 0.05) is 24.0 Å². The molecule has 0 bridgehead atoms. The second-order valence-electron chi connectivity index (χ2n) is 5.36. The van der Waals surface area contributed by atoms with Crippen LogP contribution in [0.4, 0.5) is 0 Å². The lowest BCUT2D eigenvalue weighted by atomic mass is 10.0. The highest BCUT2D eigenvalue weighted by atomic mass is 32.1. The first-order chi connectivity index (χ1) is 9.02. The molecule has 1 unspecified atom stereocenters. The van der Waals surface area contributed by atoms with Crippen LogP contribution in [0.15, 0.2) is 6.07 Å². The highest BCUT2D eigenvalue weighted by molar-refractivity contribution is 7.25. The zero-order chi connectivity index (χ0) is 13.7. The molecule has 0 N–H and O–H groups in total. The van der Waals surface area contributed by atoms with Crippen LogP contribution in [0.1, 0.15) is 43.1 Å². The Hall–Kier alpha value is -1.42. The van der Waals surface area contributed by atoms with Crippen molar-refractivity contribution in [3.8, 4) is 0 Å². The summed E-state index contributed by atoms with van der Waals surface area (Å²) < 4.78 is 3.34. The van der Waals surface area contributed by atoms with Gasteiger partial charge in [-0.05, 0) is 31.9 Å². The van der Waals surface area contributed by atoms with Crippen molar-refractivity contribution in [2.45, 2.75) is 40.0 Å². The van der Waals surface area contributed by atoms with E-state index in [0.29, 0.717) is 5.92 Å². The Labute approximate surface area is 117 Å². The number of hydrogen-bond donors (Lipinski definition) is 0. The molecule has 4 heteroatoms. The number of pyridine rings is 1. The van der Waals surface area contributed by atoms with Crippen LogP contribution < -0.4 is 0 Å². The van der Waals surface area contributed by atoms with Crippen LogP contribution in [-0.4, -0.2) is 14.8 Å². The van der Waals surface area contributed by atoms with Crippen molar-refractivity contribution in [2.75, 3.05) is 0 Å². The molecule has 3 nitrogen and oxygen atoms in total. The summed E-state index contributed by atoms with van der Waals surface area (Å²) in [5.74, 6) is 0.498. The maximum absolute atomic E-state index is 4.73. The van der Waals surface area contributed by atoms with Gasteiger partial charge in [-0.1, -0.05) is 13.8 Å². The number of thiophene rings is 1. The van der Waals surface area contributed by atoms with Gasteiger partial charge in [0.1, 0.15) is 4.83 Å². The van der Waals surface area contributed by atoms with Crippen LogP contribution >= 0.6 is 11.3 Å². The van der Waals surface area contributed by atoms with E-state index in [1.54, 1.807) is 11.3 Å². The molecule has 0 aliphatic heterocycles. The van der Waals surface area contributed by atoms with Crippen LogP contribution in [0.5, 0.6) is 0 Å². The average Bonchev–Trinajstić information content (AvgIpc) is 2.86. The quantitative estimate of drug-likeness (QED) is 0.696. The maximum atomic E-state index is 4.73. The Morgan fingerprint density at radius 2 is 2.11 bits per heavy atom. The first kappa shape index (κ1) is 12.6. The maximum Gasteiger partial charge on any atom is 0.126 e. The number of aryl methyl sites for hydroxylation is 3. The lowest BCUT2D eigenvalue weighted by molar-refractivity contribution is 0.674. The second kappa shape index (κ2) is 4.30. The van der Waals surface area contributed by atoms with Crippen molar-refractivity contribution in [3.05, 3.63) is 23.0 Å². The fourth-order valence-electron chi connectivity index (χ4n) is 2.68. The summed E-state index contributed by atoms with van der Waals surface area (Å²) >= 11 is 1.79. The van der Waals surface area contributed by atoms with Gasteiger partial charge in [-0.3, -0.25) is 4.68 Å². The zero-order valence-corrected chi connectivity index (χ0v) is 12.9. The Kier molecular flexibility index (Phi) is 2.86. The predicted molar refractivity (Wildman–Crippen MR) is 82.1 cm³/mol. The van der Waals surface area contributed by atoms with Crippen molar-refractivity contribution in [2.24, 2.45) is 7.05 Å². The molecule has 3 aromatic heterocycles. The van der Waals surface area contributed by atoms with Gasteiger partial charge >= 0.3 is 0 Å². The van der Waals surface area contributed by atoms with E-state index in [9.17, 15) is 0 Å². The smallest absolute Gasteiger partial charge is 0.126 e. The molecule has 3 aromatic rings. The molecule has 0 fully saturated rings. The van der Waals surface area contributed by atoms with Crippen molar-refractivity contribution < 1.29 is 0 Å². The normalized spacial score (nSPS) is 13.5. The second-order valence-corrected chi connectivity index (χ2v) is 6.36. The van der Waals surface area contributed by atoms with Gasteiger partial charge in [0.15, 0.2) is 0 Å². The van der Waals surface area contributed by atoms with Gasteiger partial charge in [-0.15, -0.1) is 11.3 Å². The molecule has 0 aromatic carbocycles. The van der Waals surface area contributed by atoms with Gasteiger partial charge in [0.25, 0.3) is 0 Å². The Balaban J connectivity index is 2.44. The van der Waals surface area contributed by atoms with Crippen LogP contribution in [0.25, 0.3) is 20.4 Å². The van der Waals surface area contributed by atoms with Gasteiger partial charge < -0.3 is 0 Å². The van der Waals surface area contributed by atoms with Crippen molar-refractivity contribution in [3.63, 3.8) is 0 Å². The third-order valence-corrected chi connectivity index (χ3v) is 4.95.